The van der Waals surface area contributed by atoms with Gasteiger partial charge in [-0.2, -0.15) is 0 Å². The number of aliphatic hydroxyl groups is 1. The maximum Gasteiger partial charge on any atom is 0.220 e. The van der Waals surface area contributed by atoms with Crippen molar-refractivity contribution in [3.63, 3.8) is 0 Å². The van der Waals surface area contributed by atoms with E-state index in [1.165, 1.54) is 0 Å². The van der Waals surface area contributed by atoms with E-state index in [0.29, 0.717) is 18.3 Å². The minimum absolute atomic E-state index is 0.119. The van der Waals surface area contributed by atoms with Gasteiger partial charge in [-0.25, -0.2) is 0 Å². The first-order chi connectivity index (χ1) is 6.08. The Bertz CT molecular complexity index is 174. The predicted octanol–water partition coefficient (Wildman–Crippen LogP) is 0.920. The van der Waals surface area contributed by atoms with E-state index < -0.39 is 0 Å². The maximum absolute atomic E-state index is 11.2. The first-order valence-electron chi connectivity index (χ1n) is 5.02. The van der Waals surface area contributed by atoms with E-state index in [2.05, 4.69) is 5.32 Å². The van der Waals surface area contributed by atoms with Gasteiger partial charge in [0.1, 0.15) is 0 Å². The highest BCUT2D eigenvalue weighted by atomic mass is 16.3. The molecule has 0 unspecified atom stereocenters. The molecule has 1 rings (SSSR count). The van der Waals surface area contributed by atoms with E-state index in [0.717, 1.165) is 19.4 Å². The van der Waals surface area contributed by atoms with Gasteiger partial charge in [0.2, 0.25) is 5.91 Å². The van der Waals surface area contributed by atoms with Crippen LogP contribution < -0.4 is 5.32 Å². The Hall–Kier alpha value is -0.570. The molecule has 0 heterocycles. The summed E-state index contributed by atoms with van der Waals surface area (Å²) in [6.45, 7) is 4.81. The third kappa shape index (κ3) is 3.77. The number of hydrogen-bond acceptors (Lipinski definition) is 2. The van der Waals surface area contributed by atoms with Crippen LogP contribution in [0.25, 0.3) is 0 Å². The molecule has 1 aliphatic carbocycles. The van der Waals surface area contributed by atoms with E-state index >= 15 is 0 Å². The molecule has 0 aromatic carbocycles. The lowest BCUT2D eigenvalue weighted by Crippen LogP contribution is -2.38. The summed E-state index contributed by atoms with van der Waals surface area (Å²) in [6, 6.07) is 0. The molecule has 1 amide bonds. The Morgan fingerprint density at radius 2 is 2.15 bits per heavy atom. The number of aliphatic hydroxyl groups excluding tert-OH is 1. The van der Waals surface area contributed by atoms with Gasteiger partial charge in [-0.3, -0.25) is 4.79 Å². The molecule has 0 saturated heterocycles. The molecular formula is C10H19NO2. The third-order valence-electron chi connectivity index (χ3n) is 2.39. The van der Waals surface area contributed by atoms with E-state index in [1.54, 1.807) is 0 Å². The van der Waals surface area contributed by atoms with Gasteiger partial charge >= 0.3 is 0 Å². The van der Waals surface area contributed by atoms with E-state index in [1.807, 2.05) is 13.8 Å². The monoisotopic (exact) mass is 185 g/mol. The van der Waals surface area contributed by atoms with Gasteiger partial charge < -0.3 is 10.4 Å². The quantitative estimate of drug-likeness (QED) is 0.684. The molecule has 0 aromatic rings. The van der Waals surface area contributed by atoms with Crippen molar-refractivity contribution >= 4 is 5.91 Å². The van der Waals surface area contributed by atoms with Crippen LogP contribution in [0.1, 0.15) is 33.1 Å². The summed E-state index contributed by atoms with van der Waals surface area (Å²) >= 11 is 0. The number of carbonyl (C=O) groups is 1. The van der Waals surface area contributed by atoms with Crippen LogP contribution in [0.15, 0.2) is 0 Å². The Morgan fingerprint density at radius 1 is 1.54 bits per heavy atom. The van der Waals surface area contributed by atoms with Gasteiger partial charge in [-0.05, 0) is 24.7 Å². The fourth-order valence-electron chi connectivity index (χ4n) is 1.57. The van der Waals surface area contributed by atoms with Gasteiger partial charge in [-0.15, -0.1) is 0 Å². The van der Waals surface area contributed by atoms with Crippen LogP contribution >= 0.6 is 0 Å². The van der Waals surface area contributed by atoms with Crippen molar-refractivity contribution < 1.29 is 9.90 Å². The Labute approximate surface area is 79.5 Å². The highest BCUT2D eigenvalue weighted by molar-refractivity contribution is 5.76. The standard InChI is InChI=1S/C10H19NO2/c1-7(2)3-10(13)11-6-8-4-9(12)5-8/h7-9,12H,3-6H2,1-2H3,(H,11,13). The second-order valence-corrected chi connectivity index (χ2v) is 4.39. The van der Waals surface area contributed by atoms with Crippen LogP contribution in [0.2, 0.25) is 0 Å². The number of amides is 1. The minimum Gasteiger partial charge on any atom is -0.393 e. The second kappa shape index (κ2) is 4.61. The fourth-order valence-corrected chi connectivity index (χ4v) is 1.57. The Balaban J connectivity index is 2.02. The summed E-state index contributed by atoms with van der Waals surface area (Å²) in [7, 11) is 0. The molecule has 3 heteroatoms. The van der Waals surface area contributed by atoms with E-state index in [-0.39, 0.29) is 12.0 Å². The van der Waals surface area contributed by atoms with E-state index in [9.17, 15) is 4.79 Å². The zero-order valence-electron chi connectivity index (χ0n) is 8.42. The van der Waals surface area contributed by atoms with Crippen molar-refractivity contribution in [2.24, 2.45) is 11.8 Å². The number of rotatable bonds is 4. The van der Waals surface area contributed by atoms with Gasteiger partial charge in [0.15, 0.2) is 0 Å². The first-order valence-corrected chi connectivity index (χ1v) is 5.02. The van der Waals surface area contributed by atoms with Crippen LogP contribution in [0, 0.1) is 11.8 Å². The van der Waals surface area contributed by atoms with Crippen LogP contribution in [0.4, 0.5) is 0 Å². The van der Waals surface area contributed by atoms with Crippen molar-refractivity contribution in [2.45, 2.75) is 39.2 Å². The molecule has 2 N–H and O–H groups in total. The number of hydrogen-bond donors (Lipinski definition) is 2. The van der Waals surface area contributed by atoms with Crippen molar-refractivity contribution in [2.75, 3.05) is 6.54 Å². The average Bonchev–Trinajstić information content (AvgIpc) is 1.94. The second-order valence-electron chi connectivity index (χ2n) is 4.39. The summed E-state index contributed by atoms with van der Waals surface area (Å²) in [5.74, 6) is 1.06. The maximum atomic E-state index is 11.2. The minimum atomic E-state index is -0.119. The van der Waals surface area contributed by atoms with Gasteiger partial charge in [0.05, 0.1) is 6.10 Å². The Morgan fingerprint density at radius 3 is 2.62 bits per heavy atom. The van der Waals surface area contributed by atoms with E-state index in [4.69, 9.17) is 5.11 Å². The molecule has 0 aliphatic heterocycles. The van der Waals surface area contributed by atoms with Crippen LogP contribution in [0.5, 0.6) is 0 Å². The van der Waals surface area contributed by atoms with Crippen LogP contribution in [-0.2, 0) is 4.79 Å². The summed E-state index contributed by atoms with van der Waals surface area (Å²) in [5, 5.41) is 11.9. The summed E-state index contributed by atoms with van der Waals surface area (Å²) in [6.07, 6.45) is 2.19. The third-order valence-corrected chi connectivity index (χ3v) is 2.39. The largest absolute Gasteiger partial charge is 0.393 e. The molecule has 3 nitrogen and oxygen atoms in total. The van der Waals surface area contributed by atoms with Crippen molar-refractivity contribution in [3.05, 3.63) is 0 Å². The normalized spacial score (nSPS) is 27.1. The summed E-state index contributed by atoms with van der Waals surface area (Å²) < 4.78 is 0. The van der Waals surface area contributed by atoms with Gasteiger partial charge in [0.25, 0.3) is 0 Å². The molecule has 0 spiro atoms. The van der Waals surface area contributed by atoms with Crippen molar-refractivity contribution in [1.29, 1.82) is 0 Å². The van der Waals surface area contributed by atoms with Crippen LogP contribution in [0.3, 0.4) is 0 Å². The molecule has 0 atom stereocenters. The van der Waals surface area contributed by atoms with Gasteiger partial charge in [-0.1, -0.05) is 13.8 Å². The summed E-state index contributed by atoms with van der Waals surface area (Å²) in [4.78, 5) is 11.2. The highest BCUT2D eigenvalue weighted by Gasteiger charge is 2.26. The lowest BCUT2D eigenvalue weighted by atomic mass is 9.82. The summed E-state index contributed by atoms with van der Waals surface area (Å²) in [5.41, 5.74) is 0. The lowest BCUT2D eigenvalue weighted by molar-refractivity contribution is -0.122. The molecule has 1 aliphatic rings. The Kier molecular flexibility index (Phi) is 3.72. The van der Waals surface area contributed by atoms with Crippen molar-refractivity contribution in [1.82, 2.24) is 5.32 Å². The molecule has 13 heavy (non-hydrogen) atoms. The highest BCUT2D eigenvalue weighted by Crippen LogP contribution is 2.26. The fraction of sp³-hybridized carbons (Fsp3) is 0.900. The molecule has 0 bridgehead atoms. The first kappa shape index (κ1) is 10.5. The average molecular weight is 185 g/mol. The predicted molar refractivity (Wildman–Crippen MR) is 51.2 cm³/mol. The number of carbonyl (C=O) groups excluding carboxylic acids is 1. The molecule has 76 valence electrons. The molecule has 1 saturated carbocycles. The molecule has 0 aromatic heterocycles. The van der Waals surface area contributed by atoms with Crippen molar-refractivity contribution in [3.8, 4) is 0 Å². The molecule has 0 radical (unpaired) electrons. The molecular weight excluding hydrogens is 166 g/mol. The molecule has 1 fully saturated rings. The van der Waals surface area contributed by atoms with Gasteiger partial charge in [0, 0.05) is 13.0 Å². The number of nitrogens with one attached hydrogen (secondary N) is 1. The zero-order chi connectivity index (χ0) is 9.84. The smallest absolute Gasteiger partial charge is 0.220 e. The topological polar surface area (TPSA) is 49.3 Å². The lowest BCUT2D eigenvalue weighted by Gasteiger charge is -2.31. The zero-order valence-corrected chi connectivity index (χ0v) is 8.42. The SMILES string of the molecule is CC(C)CC(=O)NCC1CC(O)C1. The van der Waals surface area contributed by atoms with Crippen LogP contribution in [-0.4, -0.2) is 23.7 Å².